The molecule has 1 amide bonds. The number of benzene rings is 1. The van der Waals surface area contributed by atoms with Gasteiger partial charge in [0.2, 0.25) is 5.91 Å². The van der Waals surface area contributed by atoms with Gasteiger partial charge in [-0.3, -0.25) is 14.7 Å². The second-order valence-corrected chi connectivity index (χ2v) is 8.19. The number of rotatable bonds is 6. The van der Waals surface area contributed by atoms with Gasteiger partial charge < -0.3 is 16.0 Å². The van der Waals surface area contributed by atoms with E-state index in [1.165, 1.54) is 5.56 Å². The van der Waals surface area contributed by atoms with Crippen LogP contribution in [0.25, 0.3) is 0 Å². The monoisotopic (exact) mass is 501 g/mol. The van der Waals surface area contributed by atoms with Gasteiger partial charge in [0.25, 0.3) is 0 Å². The first-order valence-corrected chi connectivity index (χ1v) is 9.90. The van der Waals surface area contributed by atoms with E-state index in [1.807, 2.05) is 20.8 Å². The summed E-state index contributed by atoms with van der Waals surface area (Å²) in [6.45, 7) is 10.2. The van der Waals surface area contributed by atoms with Gasteiger partial charge in [-0.05, 0) is 18.4 Å². The summed E-state index contributed by atoms with van der Waals surface area (Å²) >= 11 is 0. The normalized spacial score (nSPS) is 16.2. The van der Waals surface area contributed by atoms with Crippen molar-refractivity contribution >= 4 is 35.8 Å². The number of hydrogen-bond acceptors (Lipinski definition) is 3. The van der Waals surface area contributed by atoms with Crippen LogP contribution in [0, 0.1) is 5.41 Å². The first-order valence-electron chi connectivity index (χ1n) is 9.90. The Morgan fingerprint density at radius 2 is 1.71 bits per heavy atom. The lowest BCUT2D eigenvalue weighted by Gasteiger charge is -2.33. The molecule has 28 heavy (non-hydrogen) atoms. The van der Waals surface area contributed by atoms with Gasteiger partial charge in [0, 0.05) is 51.2 Å². The highest BCUT2D eigenvalue weighted by atomic mass is 127. The lowest BCUT2D eigenvalue weighted by Crippen LogP contribution is -2.49. The molecule has 1 fully saturated rings. The third-order valence-electron chi connectivity index (χ3n) is 4.79. The van der Waals surface area contributed by atoms with Crippen LogP contribution in [-0.2, 0) is 11.3 Å². The average Bonchev–Trinajstić information content (AvgIpc) is 2.65. The Morgan fingerprint density at radius 3 is 2.29 bits per heavy atom. The van der Waals surface area contributed by atoms with Crippen LogP contribution in [0.1, 0.15) is 39.2 Å². The smallest absolute Gasteiger partial charge is 0.225 e. The van der Waals surface area contributed by atoms with Crippen molar-refractivity contribution in [3.8, 4) is 0 Å². The van der Waals surface area contributed by atoms with E-state index in [0.29, 0.717) is 19.1 Å². The zero-order valence-electron chi connectivity index (χ0n) is 17.6. The molecule has 1 aliphatic rings. The first kappa shape index (κ1) is 24.7. The summed E-state index contributed by atoms with van der Waals surface area (Å²) in [5.41, 5.74) is 1.02. The first-order chi connectivity index (χ1) is 12.9. The maximum absolute atomic E-state index is 11.9. The van der Waals surface area contributed by atoms with Gasteiger partial charge in [0.15, 0.2) is 5.96 Å². The van der Waals surface area contributed by atoms with Gasteiger partial charge in [-0.15, -0.1) is 24.0 Å². The van der Waals surface area contributed by atoms with Crippen LogP contribution < -0.4 is 16.0 Å². The van der Waals surface area contributed by atoms with E-state index in [4.69, 9.17) is 0 Å². The molecule has 1 heterocycles. The number of amides is 1. The number of carbonyl (C=O) groups is 1. The predicted molar refractivity (Wildman–Crippen MR) is 127 cm³/mol. The molecule has 0 atom stereocenters. The van der Waals surface area contributed by atoms with Gasteiger partial charge in [-0.25, -0.2) is 0 Å². The molecular weight excluding hydrogens is 465 g/mol. The van der Waals surface area contributed by atoms with Crippen LogP contribution in [0.15, 0.2) is 35.3 Å². The minimum Gasteiger partial charge on any atom is -0.355 e. The standard InChI is InChI=1S/C21H35N5O.HI/c1-21(2,3)19(27)23-12-13-24-20(22-4)25-18-10-14-26(15-11-18)16-17-8-6-5-7-9-17;/h5-9,18H,10-16H2,1-4H3,(H,23,27)(H2,22,24,25);1H. The summed E-state index contributed by atoms with van der Waals surface area (Å²) in [4.78, 5) is 18.7. The van der Waals surface area contributed by atoms with Crippen molar-refractivity contribution in [2.45, 2.75) is 46.2 Å². The van der Waals surface area contributed by atoms with Crippen LogP contribution >= 0.6 is 24.0 Å². The lowest BCUT2D eigenvalue weighted by molar-refractivity contribution is -0.128. The van der Waals surface area contributed by atoms with Crippen LogP contribution in [0.2, 0.25) is 0 Å². The van der Waals surface area contributed by atoms with E-state index in [2.05, 4.69) is 56.2 Å². The van der Waals surface area contributed by atoms with Gasteiger partial charge >= 0.3 is 0 Å². The summed E-state index contributed by atoms with van der Waals surface area (Å²) in [6, 6.07) is 11.1. The molecule has 3 N–H and O–H groups in total. The number of guanidine groups is 1. The second kappa shape index (κ2) is 12.3. The van der Waals surface area contributed by atoms with Crippen LogP contribution in [0.4, 0.5) is 0 Å². The number of halogens is 1. The zero-order valence-corrected chi connectivity index (χ0v) is 20.0. The van der Waals surface area contributed by atoms with Crippen molar-refractivity contribution < 1.29 is 4.79 Å². The summed E-state index contributed by atoms with van der Waals surface area (Å²) in [7, 11) is 1.79. The van der Waals surface area contributed by atoms with Gasteiger partial charge in [0.1, 0.15) is 0 Å². The maximum Gasteiger partial charge on any atom is 0.225 e. The largest absolute Gasteiger partial charge is 0.355 e. The number of likely N-dealkylation sites (tertiary alicyclic amines) is 1. The molecule has 1 aromatic rings. The Hall–Kier alpha value is -1.35. The molecule has 0 aromatic heterocycles. The van der Waals surface area contributed by atoms with Crippen molar-refractivity contribution in [1.82, 2.24) is 20.9 Å². The van der Waals surface area contributed by atoms with Crippen molar-refractivity contribution in [3.05, 3.63) is 35.9 Å². The Bertz CT molecular complexity index is 607. The summed E-state index contributed by atoms with van der Waals surface area (Å²) in [5.74, 6) is 0.875. The molecular formula is C21H36IN5O. The number of hydrogen-bond donors (Lipinski definition) is 3. The quantitative estimate of drug-likeness (QED) is 0.243. The van der Waals surface area contributed by atoms with Crippen molar-refractivity contribution in [2.75, 3.05) is 33.2 Å². The SMILES string of the molecule is CN=C(NCCNC(=O)C(C)(C)C)NC1CCN(Cc2ccccc2)CC1.I. The van der Waals surface area contributed by atoms with E-state index in [-0.39, 0.29) is 35.3 Å². The predicted octanol–water partition coefficient (Wildman–Crippen LogP) is 2.60. The number of carbonyl (C=O) groups excluding carboxylic acids is 1. The van der Waals surface area contributed by atoms with Crippen LogP contribution in [0.3, 0.4) is 0 Å². The van der Waals surface area contributed by atoms with Gasteiger partial charge in [-0.1, -0.05) is 51.1 Å². The molecule has 0 unspecified atom stereocenters. The third-order valence-corrected chi connectivity index (χ3v) is 4.79. The molecule has 0 spiro atoms. The van der Waals surface area contributed by atoms with E-state index in [0.717, 1.165) is 38.4 Å². The van der Waals surface area contributed by atoms with Crippen molar-refractivity contribution in [2.24, 2.45) is 10.4 Å². The Labute approximate surface area is 187 Å². The number of nitrogens with zero attached hydrogens (tertiary/aromatic N) is 2. The summed E-state index contributed by atoms with van der Waals surface area (Å²) < 4.78 is 0. The fourth-order valence-corrected chi connectivity index (χ4v) is 3.09. The molecule has 158 valence electrons. The number of nitrogens with one attached hydrogen (secondary N) is 3. The highest BCUT2D eigenvalue weighted by Gasteiger charge is 2.21. The van der Waals surface area contributed by atoms with Crippen molar-refractivity contribution in [1.29, 1.82) is 0 Å². The molecule has 7 heteroatoms. The molecule has 1 aromatic carbocycles. The lowest BCUT2D eigenvalue weighted by atomic mass is 9.96. The second-order valence-electron chi connectivity index (χ2n) is 8.19. The minimum atomic E-state index is -0.354. The highest BCUT2D eigenvalue weighted by molar-refractivity contribution is 14.0. The molecule has 1 saturated heterocycles. The highest BCUT2D eigenvalue weighted by Crippen LogP contribution is 2.14. The fraction of sp³-hybridized carbons (Fsp3) is 0.619. The van der Waals surface area contributed by atoms with Crippen molar-refractivity contribution in [3.63, 3.8) is 0 Å². The van der Waals surface area contributed by atoms with Crippen LogP contribution in [-0.4, -0.2) is 56.0 Å². The Balaban J connectivity index is 0.00000392. The molecule has 6 nitrogen and oxygen atoms in total. The molecule has 0 radical (unpaired) electrons. The van der Waals surface area contributed by atoms with Gasteiger partial charge in [0.05, 0.1) is 0 Å². The Morgan fingerprint density at radius 1 is 1.11 bits per heavy atom. The van der Waals surface area contributed by atoms with E-state index in [9.17, 15) is 4.79 Å². The zero-order chi connectivity index (χ0) is 19.7. The molecule has 0 saturated carbocycles. The van der Waals surface area contributed by atoms with E-state index < -0.39 is 0 Å². The third kappa shape index (κ3) is 8.77. The average molecular weight is 501 g/mol. The van der Waals surface area contributed by atoms with E-state index >= 15 is 0 Å². The van der Waals surface area contributed by atoms with Crippen LogP contribution in [0.5, 0.6) is 0 Å². The molecule has 2 rings (SSSR count). The van der Waals surface area contributed by atoms with Gasteiger partial charge in [-0.2, -0.15) is 0 Å². The van der Waals surface area contributed by atoms with E-state index in [1.54, 1.807) is 7.05 Å². The topological polar surface area (TPSA) is 68.8 Å². The molecule has 0 aliphatic carbocycles. The number of piperidine rings is 1. The summed E-state index contributed by atoms with van der Waals surface area (Å²) in [5, 5.41) is 9.74. The fourth-order valence-electron chi connectivity index (χ4n) is 3.09. The molecule has 0 bridgehead atoms. The number of aliphatic imine (C=N–C) groups is 1. The Kier molecular flexibility index (Phi) is 10.8. The summed E-state index contributed by atoms with van der Waals surface area (Å²) in [6.07, 6.45) is 2.21. The minimum absolute atomic E-state index is 0. The molecule has 1 aliphatic heterocycles. The maximum atomic E-state index is 11.9.